The van der Waals surface area contributed by atoms with E-state index in [1.165, 1.54) is 60.7 Å². The standard InChI is InChI=1S/C45H28FN/c46-31-22-24-33(25-23-31)47(32-14-2-1-3-15-32)43-28-42-44(37-19-7-6-18-36(37)43)38-26-29-12-4-5-13-30(29)27-41(38)45(42)39-20-10-8-16-34(39)35-17-9-11-21-40(35)45/h1-28H. The summed E-state index contributed by atoms with van der Waals surface area (Å²) >= 11 is 0. The maximum atomic E-state index is 14.3. The first kappa shape index (κ1) is 26.2. The quantitative estimate of drug-likeness (QED) is 0.195. The summed E-state index contributed by atoms with van der Waals surface area (Å²) in [6, 6.07) is 59.9. The number of hydrogen-bond donors (Lipinski definition) is 0. The first-order valence-electron chi connectivity index (χ1n) is 16.1. The molecule has 1 spiro atoms. The van der Waals surface area contributed by atoms with Crippen molar-refractivity contribution in [3.8, 4) is 22.3 Å². The molecule has 0 aromatic heterocycles. The zero-order valence-electron chi connectivity index (χ0n) is 25.5. The highest BCUT2D eigenvalue weighted by Crippen LogP contribution is 2.65. The maximum absolute atomic E-state index is 14.3. The van der Waals surface area contributed by atoms with Gasteiger partial charge in [0, 0.05) is 16.8 Å². The van der Waals surface area contributed by atoms with Crippen LogP contribution in [0, 0.1) is 5.82 Å². The highest BCUT2D eigenvalue weighted by molar-refractivity contribution is 6.13. The number of halogens is 1. The van der Waals surface area contributed by atoms with Crippen molar-refractivity contribution in [3.63, 3.8) is 0 Å². The first-order chi connectivity index (χ1) is 23.2. The van der Waals surface area contributed by atoms with Gasteiger partial charge in [-0.05, 0) is 115 Å². The van der Waals surface area contributed by atoms with Gasteiger partial charge in [-0.15, -0.1) is 0 Å². The highest BCUT2D eigenvalue weighted by Gasteiger charge is 2.52. The molecular weight excluding hydrogens is 574 g/mol. The number of rotatable bonds is 3. The molecule has 10 rings (SSSR count). The molecule has 0 atom stereocenters. The van der Waals surface area contributed by atoms with Crippen LogP contribution in [0.15, 0.2) is 170 Å². The molecule has 0 saturated carbocycles. The zero-order chi connectivity index (χ0) is 31.1. The summed E-state index contributed by atoms with van der Waals surface area (Å²) < 4.78 is 14.3. The Bertz CT molecular complexity index is 2490. The van der Waals surface area contributed by atoms with Gasteiger partial charge >= 0.3 is 0 Å². The molecule has 0 fully saturated rings. The van der Waals surface area contributed by atoms with Crippen LogP contribution in [-0.4, -0.2) is 0 Å². The number of nitrogens with zero attached hydrogens (tertiary/aromatic N) is 1. The van der Waals surface area contributed by atoms with Crippen molar-refractivity contribution < 1.29 is 4.39 Å². The van der Waals surface area contributed by atoms with E-state index in [0.717, 1.165) is 22.4 Å². The molecule has 2 heteroatoms. The van der Waals surface area contributed by atoms with Crippen LogP contribution in [0.3, 0.4) is 0 Å². The molecule has 8 aromatic carbocycles. The second-order valence-corrected chi connectivity index (χ2v) is 12.6. The Hall–Kier alpha value is -5.99. The Morgan fingerprint density at radius 2 is 0.957 bits per heavy atom. The van der Waals surface area contributed by atoms with Crippen LogP contribution in [0.2, 0.25) is 0 Å². The van der Waals surface area contributed by atoms with E-state index in [4.69, 9.17) is 0 Å². The van der Waals surface area contributed by atoms with E-state index in [0.29, 0.717) is 0 Å². The molecule has 220 valence electrons. The Morgan fingerprint density at radius 1 is 0.404 bits per heavy atom. The third-order valence-corrected chi connectivity index (χ3v) is 10.3. The highest BCUT2D eigenvalue weighted by atomic mass is 19.1. The third-order valence-electron chi connectivity index (χ3n) is 10.3. The average Bonchev–Trinajstić information content (AvgIpc) is 3.59. The minimum Gasteiger partial charge on any atom is -0.310 e. The SMILES string of the molecule is Fc1ccc(N(c2ccccc2)c2cc3c(c4ccccc24)-c2cc4ccccc4cc2C32c3ccccc3-c3ccccc32)cc1. The summed E-state index contributed by atoms with van der Waals surface area (Å²) in [5.41, 5.74) is 12.8. The van der Waals surface area contributed by atoms with Crippen LogP contribution in [0.5, 0.6) is 0 Å². The topological polar surface area (TPSA) is 3.24 Å². The van der Waals surface area contributed by atoms with Crippen molar-refractivity contribution in [2.24, 2.45) is 0 Å². The fraction of sp³-hybridized carbons (Fsp3) is 0.0222. The average molecular weight is 602 g/mol. The third kappa shape index (κ3) is 3.53. The van der Waals surface area contributed by atoms with Crippen LogP contribution in [0.1, 0.15) is 22.3 Å². The largest absolute Gasteiger partial charge is 0.310 e. The molecule has 0 aliphatic heterocycles. The Labute approximate surface area is 272 Å². The lowest BCUT2D eigenvalue weighted by Crippen LogP contribution is -2.26. The normalized spacial score (nSPS) is 13.4. The fourth-order valence-electron chi connectivity index (χ4n) is 8.44. The summed E-state index contributed by atoms with van der Waals surface area (Å²) in [4.78, 5) is 2.28. The zero-order valence-corrected chi connectivity index (χ0v) is 25.5. The molecule has 47 heavy (non-hydrogen) atoms. The monoisotopic (exact) mass is 601 g/mol. The van der Waals surface area contributed by atoms with Gasteiger partial charge in [-0.25, -0.2) is 4.39 Å². The summed E-state index contributed by atoms with van der Waals surface area (Å²) in [6.07, 6.45) is 0. The van der Waals surface area contributed by atoms with Gasteiger partial charge in [0.2, 0.25) is 0 Å². The second-order valence-electron chi connectivity index (χ2n) is 12.6. The number of benzene rings is 8. The summed E-state index contributed by atoms with van der Waals surface area (Å²) in [5.74, 6) is -0.249. The fourth-order valence-corrected chi connectivity index (χ4v) is 8.44. The molecule has 1 nitrogen and oxygen atoms in total. The van der Waals surface area contributed by atoms with Crippen molar-refractivity contribution in [3.05, 3.63) is 198 Å². The van der Waals surface area contributed by atoms with E-state index in [1.807, 2.05) is 18.2 Å². The van der Waals surface area contributed by atoms with Crippen LogP contribution in [0.25, 0.3) is 43.8 Å². The van der Waals surface area contributed by atoms with Crippen LogP contribution >= 0.6 is 0 Å². The van der Waals surface area contributed by atoms with Crippen molar-refractivity contribution in [1.29, 1.82) is 0 Å². The van der Waals surface area contributed by atoms with Gasteiger partial charge < -0.3 is 4.90 Å². The van der Waals surface area contributed by atoms with Crippen molar-refractivity contribution in [2.45, 2.75) is 5.41 Å². The van der Waals surface area contributed by atoms with Gasteiger partial charge in [-0.2, -0.15) is 0 Å². The molecule has 0 radical (unpaired) electrons. The summed E-state index contributed by atoms with van der Waals surface area (Å²) in [5, 5.41) is 4.83. The van der Waals surface area contributed by atoms with E-state index >= 15 is 0 Å². The smallest absolute Gasteiger partial charge is 0.123 e. The summed E-state index contributed by atoms with van der Waals surface area (Å²) in [6.45, 7) is 0. The predicted molar refractivity (Wildman–Crippen MR) is 192 cm³/mol. The number of fused-ring (bicyclic) bond motifs is 13. The van der Waals surface area contributed by atoms with Crippen molar-refractivity contribution in [1.82, 2.24) is 0 Å². The Balaban J connectivity index is 1.40. The molecule has 8 aromatic rings. The first-order valence-corrected chi connectivity index (χ1v) is 16.1. The number of anilines is 3. The van der Waals surface area contributed by atoms with Gasteiger partial charge in [0.1, 0.15) is 5.82 Å². The van der Waals surface area contributed by atoms with Crippen molar-refractivity contribution >= 4 is 38.6 Å². The lowest BCUT2D eigenvalue weighted by atomic mass is 9.70. The van der Waals surface area contributed by atoms with Gasteiger partial charge in [0.25, 0.3) is 0 Å². The van der Waals surface area contributed by atoms with Crippen molar-refractivity contribution in [2.75, 3.05) is 4.90 Å². The molecule has 0 saturated heterocycles. The van der Waals surface area contributed by atoms with Crippen LogP contribution in [-0.2, 0) is 5.41 Å². The number of hydrogen-bond acceptors (Lipinski definition) is 1. The van der Waals surface area contributed by atoms with Gasteiger partial charge in [0.05, 0.1) is 11.1 Å². The molecular formula is C45H28FN. The van der Waals surface area contributed by atoms with Crippen LogP contribution in [0.4, 0.5) is 21.5 Å². The van der Waals surface area contributed by atoms with E-state index < -0.39 is 5.41 Å². The maximum Gasteiger partial charge on any atom is 0.123 e. The molecule has 2 aliphatic carbocycles. The molecule has 0 unspecified atom stereocenters. The predicted octanol–water partition coefficient (Wildman–Crippen LogP) is 11.9. The molecule has 0 heterocycles. The molecule has 0 amide bonds. The van der Waals surface area contributed by atoms with Gasteiger partial charge in [0.15, 0.2) is 0 Å². The molecule has 0 bridgehead atoms. The van der Waals surface area contributed by atoms with E-state index in [2.05, 4.69) is 144 Å². The second kappa shape index (κ2) is 9.75. The summed E-state index contributed by atoms with van der Waals surface area (Å²) in [7, 11) is 0. The van der Waals surface area contributed by atoms with Crippen LogP contribution < -0.4 is 4.90 Å². The molecule has 2 aliphatic rings. The molecule has 0 N–H and O–H groups in total. The Morgan fingerprint density at radius 3 is 1.66 bits per heavy atom. The van der Waals surface area contributed by atoms with E-state index in [1.54, 1.807) is 12.1 Å². The van der Waals surface area contributed by atoms with E-state index in [9.17, 15) is 4.39 Å². The van der Waals surface area contributed by atoms with Gasteiger partial charge in [-0.3, -0.25) is 0 Å². The van der Waals surface area contributed by atoms with E-state index in [-0.39, 0.29) is 5.82 Å². The lowest BCUT2D eigenvalue weighted by molar-refractivity contribution is 0.628. The van der Waals surface area contributed by atoms with Gasteiger partial charge in [-0.1, -0.05) is 115 Å². The minimum atomic E-state index is -0.508. The lowest BCUT2D eigenvalue weighted by Gasteiger charge is -2.33. The minimum absolute atomic E-state index is 0.249. The number of para-hydroxylation sites is 1. The Kier molecular flexibility index (Phi) is 5.45.